The third-order valence-corrected chi connectivity index (χ3v) is 7.70. The summed E-state index contributed by atoms with van der Waals surface area (Å²) in [6.07, 6.45) is 5.43. The van der Waals surface area contributed by atoms with Crippen LogP contribution in [0, 0.1) is 17.8 Å². The molecule has 1 aliphatic rings. The highest BCUT2D eigenvalue weighted by Gasteiger charge is 2.33. The van der Waals surface area contributed by atoms with E-state index in [4.69, 9.17) is 4.74 Å². The predicted octanol–water partition coefficient (Wildman–Crippen LogP) is 7.91. The van der Waals surface area contributed by atoms with Gasteiger partial charge in [-0.3, -0.25) is 4.79 Å². The molecule has 31 heavy (non-hydrogen) atoms. The average molecular weight is 435 g/mol. The number of esters is 1. The molecule has 3 aromatic carbocycles. The predicted molar refractivity (Wildman–Crippen MR) is 133 cm³/mol. The van der Waals surface area contributed by atoms with E-state index in [0.29, 0.717) is 0 Å². The lowest BCUT2D eigenvalue weighted by Crippen LogP contribution is -2.32. The minimum Gasteiger partial charge on any atom is -0.455 e. The van der Waals surface area contributed by atoms with Gasteiger partial charge in [0.1, 0.15) is 5.60 Å². The Labute approximate surface area is 191 Å². The van der Waals surface area contributed by atoms with Crippen molar-refractivity contribution in [3.8, 4) is 0 Å². The van der Waals surface area contributed by atoms with Gasteiger partial charge in [0.25, 0.3) is 0 Å². The second-order valence-electron chi connectivity index (χ2n) is 9.84. The van der Waals surface area contributed by atoms with Crippen LogP contribution < -0.4 is 0 Å². The lowest BCUT2D eigenvalue weighted by atomic mass is 9.75. The van der Waals surface area contributed by atoms with Gasteiger partial charge in [0.2, 0.25) is 0 Å². The van der Waals surface area contributed by atoms with Crippen molar-refractivity contribution in [3.05, 3.63) is 54.1 Å². The Kier molecular flexibility index (Phi) is 6.35. The molecular formula is C28H34O2S. The van der Waals surface area contributed by atoms with Gasteiger partial charge in [-0.05, 0) is 96.7 Å². The van der Waals surface area contributed by atoms with Crippen molar-refractivity contribution >= 4 is 40.1 Å². The molecule has 0 heterocycles. The van der Waals surface area contributed by atoms with E-state index in [1.807, 2.05) is 19.9 Å². The monoisotopic (exact) mass is 434 g/mol. The van der Waals surface area contributed by atoms with E-state index in [0.717, 1.165) is 53.4 Å². The van der Waals surface area contributed by atoms with Crippen LogP contribution in [0.15, 0.2) is 53.4 Å². The van der Waals surface area contributed by atoms with E-state index in [1.165, 1.54) is 22.6 Å². The molecule has 1 aliphatic carbocycles. The Hall–Kier alpha value is -2.00. The van der Waals surface area contributed by atoms with E-state index < -0.39 is 5.60 Å². The van der Waals surface area contributed by atoms with Crippen molar-refractivity contribution in [1.82, 2.24) is 0 Å². The minimum absolute atomic E-state index is 0.0362. The zero-order valence-corrected chi connectivity index (χ0v) is 20.0. The molecule has 2 nitrogen and oxygen atoms in total. The van der Waals surface area contributed by atoms with E-state index in [2.05, 4.69) is 68.9 Å². The highest BCUT2D eigenvalue weighted by atomic mass is 32.1. The summed E-state index contributed by atoms with van der Waals surface area (Å²) in [7, 11) is 0. The number of thiol groups is 1. The fourth-order valence-electron chi connectivity index (χ4n) is 5.07. The fourth-order valence-corrected chi connectivity index (χ4v) is 5.28. The van der Waals surface area contributed by atoms with E-state index in [-0.39, 0.29) is 11.9 Å². The average Bonchev–Trinajstić information content (AvgIpc) is 2.77. The van der Waals surface area contributed by atoms with E-state index in [1.54, 1.807) is 0 Å². The Bertz CT molecular complexity index is 1090. The number of hydrogen-bond acceptors (Lipinski definition) is 3. The molecule has 0 aliphatic heterocycles. The molecular weight excluding hydrogens is 400 g/mol. The smallest absolute Gasteiger partial charge is 0.309 e. The summed E-state index contributed by atoms with van der Waals surface area (Å²) < 4.78 is 6.09. The van der Waals surface area contributed by atoms with Crippen LogP contribution in [0.5, 0.6) is 0 Å². The molecule has 0 saturated heterocycles. The van der Waals surface area contributed by atoms with Crippen LogP contribution in [0.4, 0.5) is 0 Å². The van der Waals surface area contributed by atoms with Crippen LogP contribution in [0.1, 0.15) is 65.4 Å². The molecule has 1 fully saturated rings. The largest absolute Gasteiger partial charge is 0.455 e. The highest BCUT2D eigenvalue weighted by Crippen LogP contribution is 2.37. The minimum atomic E-state index is -0.654. The molecule has 164 valence electrons. The summed E-state index contributed by atoms with van der Waals surface area (Å²) in [5.74, 6) is 1.51. The molecule has 0 aromatic heterocycles. The normalized spacial score (nSPS) is 20.7. The Morgan fingerprint density at radius 1 is 1.00 bits per heavy atom. The van der Waals surface area contributed by atoms with Gasteiger partial charge in [-0.1, -0.05) is 50.6 Å². The summed E-state index contributed by atoms with van der Waals surface area (Å²) >= 11 is 4.50. The van der Waals surface area contributed by atoms with Crippen molar-refractivity contribution in [2.75, 3.05) is 0 Å². The molecule has 4 rings (SSSR count). The van der Waals surface area contributed by atoms with Crippen molar-refractivity contribution < 1.29 is 9.53 Å². The highest BCUT2D eigenvalue weighted by molar-refractivity contribution is 7.80. The first-order chi connectivity index (χ1) is 14.8. The van der Waals surface area contributed by atoms with Gasteiger partial charge in [-0.2, -0.15) is 0 Å². The summed E-state index contributed by atoms with van der Waals surface area (Å²) in [5, 5.41) is 4.76. The number of carbonyl (C=O) groups excluding carboxylic acids is 1. The first-order valence-electron chi connectivity index (χ1n) is 11.7. The Morgan fingerprint density at radius 2 is 1.68 bits per heavy atom. The SMILES string of the molecule is CCC(C)C1CCC(C(=O)OC(C)(C)c2ccc3c(ccc4ccc(S)cc43)c2)CC1. The van der Waals surface area contributed by atoms with Crippen molar-refractivity contribution in [1.29, 1.82) is 0 Å². The Balaban J connectivity index is 1.51. The van der Waals surface area contributed by atoms with Crippen LogP contribution in [0.25, 0.3) is 21.5 Å². The van der Waals surface area contributed by atoms with Gasteiger partial charge in [-0.25, -0.2) is 0 Å². The molecule has 1 unspecified atom stereocenters. The molecule has 0 amide bonds. The van der Waals surface area contributed by atoms with Gasteiger partial charge in [-0.15, -0.1) is 12.6 Å². The van der Waals surface area contributed by atoms with Gasteiger partial charge < -0.3 is 4.74 Å². The standard InChI is InChI=1S/C28H34O2S/c1-5-18(2)19-6-9-21(10-7-19)27(29)30-28(3,4)23-13-15-25-22(16-23)11-8-20-12-14-24(31)17-26(20)25/h8,11-19,21,31H,5-7,9-10H2,1-4H3. The zero-order valence-electron chi connectivity index (χ0n) is 19.2. The molecule has 3 heteroatoms. The number of carbonyl (C=O) groups is 1. The van der Waals surface area contributed by atoms with Crippen molar-refractivity contribution in [3.63, 3.8) is 0 Å². The lowest BCUT2D eigenvalue weighted by molar-refractivity contribution is -0.164. The second-order valence-corrected chi connectivity index (χ2v) is 10.4. The van der Waals surface area contributed by atoms with Gasteiger partial charge in [0.05, 0.1) is 5.92 Å². The lowest BCUT2D eigenvalue weighted by Gasteiger charge is -2.33. The van der Waals surface area contributed by atoms with Crippen LogP contribution in [0.3, 0.4) is 0 Å². The maximum Gasteiger partial charge on any atom is 0.309 e. The van der Waals surface area contributed by atoms with Gasteiger partial charge in [0, 0.05) is 4.90 Å². The molecule has 0 bridgehead atoms. The van der Waals surface area contributed by atoms with E-state index in [9.17, 15) is 4.79 Å². The fraction of sp³-hybridized carbons (Fsp3) is 0.464. The summed E-state index contributed by atoms with van der Waals surface area (Å²) in [6, 6.07) is 16.9. The Morgan fingerprint density at radius 3 is 2.39 bits per heavy atom. The van der Waals surface area contributed by atoms with Crippen molar-refractivity contribution in [2.45, 2.75) is 70.3 Å². The number of fused-ring (bicyclic) bond motifs is 3. The number of benzene rings is 3. The van der Waals surface area contributed by atoms with Crippen LogP contribution in [-0.4, -0.2) is 5.97 Å². The molecule has 0 spiro atoms. The van der Waals surface area contributed by atoms with Gasteiger partial charge in [0.15, 0.2) is 0 Å². The van der Waals surface area contributed by atoms with Gasteiger partial charge >= 0.3 is 5.97 Å². The summed E-state index contributed by atoms with van der Waals surface area (Å²) in [4.78, 5) is 13.9. The zero-order chi connectivity index (χ0) is 22.2. The maximum absolute atomic E-state index is 13.0. The quantitative estimate of drug-likeness (QED) is 0.251. The maximum atomic E-state index is 13.0. The molecule has 1 saturated carbocycles. The van der Waals surface area contributed by atoms with Crippen LogP contribution in [-0.2, 0) is 15.1 Å². The first-order valence-corrected chi connectivity index (χ1v) is 12.1. The molecule has 3 aromatic rings. The van der Waals surface area contributed by atoms with Crippen molar-refractivity contribution in [2.24, 2.45) is 17.8 Å². The van der Waals surface area contributed by atoms with E-state index >= 15 is 0 Å². The number of hydrogen-bond donors (Lipinski definition) is 1. The summed E-state index contributed by atoms with van der Waals surface area (Å²) in [6.45, 7) is 8.61. The molecule has 0 radical (unpaired) electrons. The summed E-state index contributed by atoms with van der Waals surface area (Å²) in [5.41, 5.74) is 0.377. The van der Waals surface area contributed by atoms with Crippen LogP contribution in [0.2, 0.25) is 0 Å². The number of ether oxygens (including phenoxy) is 1. The first kappa shape index (κ1) is 22.2. The molecule has 0 N–H and O–H groups in total. The number of rotatable bonds is 5. The van der Waals surface area contributed by atoms with Crippen LogP contribution >= 0.6 is 12.6 Å². The third kappa shape index (κ3) is 4.62. The topological polar surface area (TPSA) is 26.3 Å². The third-order valence-electron chi connectivity index (χ3n) is 7.43. The second kappa shape index (κ2) is 8.86. The molecule has 1 atom stereocenters.